The zero-order valence-electron chi connectivity index (χ0n) is 16.1. The predicted molar refractivity (Wildman–Crippen MR) is 116 cm³/mol. The minimum absolute atomic E-state index is 0.0977. The highest BCUT2D eigenvalue weighted by Crippen LogP contribution is 2.29. The van der Waals surface area contributed by atoms with Crippen molar-refractivity contribution in [2.45, 2.75) is 30.5 Å². The molecule has 3 aromatic rings. The Kier molecular flexibility index (Phi) is 7.06. The number of thioether (sulfide) groups is 1. The topological polar surface area (TPSA) is 64.1 Å². The standard InChI is InChI=1S/C21H23N3O2S2/c1-4-14(2)15-5-7-16(8-6-15)19(25)13-27-21-24-23-20(28-21)22-17-9-11-18(26-3)12-10-17/h5-12,14H,4,13H2,1-3H3,(H,22,23)/t14-/m0/s1. The molecule has 0 amide bonds. The molecule has 0 bridgehead atoms. The summed E-state index contributed by atoms with van der Waals surface area (Å²) < 4.78 is 5.91. The van der Waals surface area contributed by atoms with E-state index in [1.807, 2.05) is 48.5 Å². The number of rotatable bonds is 9. The van der Waals surface area contributed by atoms with E-state index in [0.717, 1.165) is 27.8 Å². The Balaban J connectivity index is 1.54. The van der Waals surface area contributed by atoms with Crippen LogP contribution < -0.4 is 10.1 Å². The second kappa shape index (κ2) is 9.71. The highest BCUT2D eigenvalue weighted by Gasteiger charge is 2.11. The lowest BCUT2D eigenvalue weighted by atomic mass is 9.97. The first-order valence-corrected chi connectivity index (χ1v) is 10.9. The van der Waals surface area contributed by atoms with Crippen molar-refractivity contribution in [1.29, 1.82) is 0 Å². The number of anilines is 2. The predicted octanol–water partition coefficient (Wildman–Crippen LogP) is 5.78. The van der Waals surface area contributed by atoms with Crippen LogP contribution in [-0.4, -0.2) is 28.8 Å². The van der Waals surface area contributed by atoms with Crippen molar-refractivity contribution in [3.8, 4) is 5.75 Å². The number of nitrogens with zero attached hydrogens (tertiary/aromatic N) is 2. The fraction of sp³-hybridized carbons (Fsp3) is 0.286. The van der Waals surface area contributed by atoms with E-state index in [4.69, 9.17) is 4.74 Å². The number of ether oxygens (including phenoxy) is 1. The van der Waals surface area contributed by atoms with Crippen LogP contribution in [0.3, 0.4) is 0 Å². The van der Waals surface area contributed by atoms with Gasteiger partial charge in [-0.3, -0.25) is 4.79 Å². The van der Waals surface area contributed by atoms with Crippen molar-refractivity contribution >= 4 is 39.7 Å². The lowest BCUT2D eigenvalue weighted by molar-refractivity contribution is 0.102. The van der Waals surface area contributed by atoms with Crippen molar-refractivity contribution < 1.29 is 9.53 Å². The summed E-state index contributed by atoms with van der Waals surface area (Å²) in [6, 6.07) is 15.5. The van der Waals surface area contributed by atoms with Gasteiger partial charge in [-0.05, 0) is 42.2 Å². The molecule has 0 saturated heterocycles. The second-order valence-electron chi connectivity index (χ2n) is 6.37. The molecule has 0 aliphatic heterocycles. The molecule has 1 N–H and O–H groups in total. The molecule has 2 aromatic carbocycles. The number of methoxy groups -OCH3 is 1. The number of nitrogens with one attached hydrogen (secondary N) is 1. The summed E-state index contributed by atoms with van der Waals surface area (Å²) in [6.07, 6.45) is 1.09. The van der Waals surface area contributed by atoms with Gasteiger partial charge in [-0.15, -0.1) is 10.2 Å². The number of benzene rings is 2. The first-order valence-electron chi connectivity index (χ1n) is 9.09. The molecule has 0 aliphatic carbocycles. The zero-order valence-corrected chi connectivity index (χ0v) is 17.8. The van der Waals surface area contributed by atoms with Crippen molar-refractivity contribution in [2.75, 3.05) is 18.2 Å². The lowest BCUT2D eigenvalue weighted by Crippen LogP contribution is -2.02. The molecule has 0 aliphatic rings. The monoisotopic (exact) mass is 413 g/mol. The quantitative estimate of drug-likeness (QED) is 0.354. The van der Waals surface area contributed by atoms with Crippen molar-refractivity contribution in [2.24, 2.45) is 0 Å². The average Bonchev–Trinajstić information content (AvgIpc) is 3.19. The minimum Gasteiger partial charge on any atom is -0.497 e. The molecule has 3 rings (SSSR count). The average molecular weight is 414 g/mol. The van der Waals surface area contributed by atoms with E-state index in [9.17, 15) is 4.79 Å². The molecule has 1 atom stereocenters. The van der Waals surface area contributed by atoms with Gasteiger partial charge >= 0.3 is 0 Å². The third-order valence-electron chi connectivity index (χ3n) is 4.49. The van der Waals surface area contributed by atoms with Crippen LogP contribution in [0.2, 0.25) is 0 Å². The summed E-state index contributed by atoms with van der Waals surface area (Å²) in [5.41, 5.74) is 2.91. The fourth-order valence-electron chi connectivity index (χ4n) is 2.56. The molecule has 0 unspecified atom stereocenters. The van der Waals surface area contributed by atoms with Crippen LogP contribution in [0.1, 0.15) is 42.1 Å². The summed E-state index contributed by atoms with van der Waals surface area (Å²) >= 11 is 2.84. The van der Waals surface area contributed by atoms with Gasteiger partial charge in [0.25, 0.3) is 0 Å². The van der Waals surface area contributed by atoms with Crippen molar-refractivity contribution in [3.05, 3.63) is 59.7 Å². The van der Waals surface area contributed by atoms with Gasteiger partial charge in [0.15, 0.2) is 10.1 Å². The van der Waals surface area contributed by atoms with Gasteiger partial charge in [0.05, 0.1) is 12.9 Å². The molecular weight excluding hydrogens is 390 g/mol. The second-order valence-corrected chi connectivity index (χ2v) is 8.57. The van der Waals surface area contributed by atoms with Crippen LogP contribution in [0.15, 0.2) is 52.9 Å². The summed E-state index contributed by atoms with van der Waals surface area (Å²) in [5.74, 6) is 1.76. The van der Waals surface area contributed by atoms with Crippen LogP contribution in [0.4, 0.5) is 10.8 Å². The zero-order chi connectivity index (χ0) is 19.9. The van der Waals surface area contributed by atoms with Gasteiger partial charge in [-0.1, -0.05) is 61.2 Å². The highest BCUT2D eigenvalue weighted by molar-refractivity contribution is 8.01. The summed E-state index contributed by atoms with van der Waals surface area (Å²) in [5, 5.41) is 12.2. The van der Waals surface area contributed by atoms with Crippen molar-refractivity contribution in [1.82, 2.24) is 10.2 Å². The SMILES string of the molecule is CC[C@H](C)c1ccc(C(=O)CSc2nnc(Nc3ccc(OC)cc3)s2)cc1. The third-order valence-corrected chi connectivity index (χ3v) is 6.46. The molecular formula is C21H23N3O2S2. The molecule has 7 heteroatoms. The summed E-state index contributed by atoms with van der Waals surface area (Å²) in [4.78, 5) is 12.4. The van der Waals surface area contributed by atoms with E-state index < -0.39 is 0 Å². The van der Waals surface area contributed by atoms with Crippen LogP contribution in [-0.2, 0) is 0 Å². The summed E-state index contributed by atoms with van der Waals surface area (Å²) in [6.45, 7) is 4.36. The smallest absolute Gasteiger partial charge is 0.210 e. The normalized spacial score (nSPS) is 11.8. The Hall–Kier alpha value is -2.38. The maximum Gasteiger partial charge on any atom is 0.210 e. The van der Waals surface area contributed by atoms with Gasteiger partial charge < -0.3 is 10.1 Å². The lowest BCUT2D eigenvalue weighted by Gasteiger charge is -2.09. The number of aromatic nitrogens is 2. The molecule has 0 fully saturated rings. The molecule has 1 heterocycles. The molecule has 0 saturated carbocycles. The number of carbonyl (C=O) groups is 1. The number of ketones is 1. The van der Waals surface area contributed by atoms with Crippen LogP contribution in [0, 0.1) is 0 Å². The van der Waals surface area contributed by atoms with Crippen LogP contribution in [0.5, 0.6) is 5.75 Å². The Bertz CT molecular complexity index is 908. The molecule has 1 aromatic heterocycles. The van der Waals surface area contributed by atoms with E-state index >= 15 is 0 Å². The van der Waals surface area contributed by atoms with Gasteiger partial charge in [-0.25, -0.2) is 0 Å². The van der Waals surface area contributed by atoms with Gasteiger partial charge in [0.2, 0.25) is 5.13 Å². The van der Waals surface area contributed by atoms with E-state index in [1.54, 1.807) is 7.11 Å². The Morgan fingerprint density at radius 1 is 1.14 bits per heavy atom. The molecule has 146 valence electrons. The Morgan fingerprint density at radius 2 is 1.86 bits per heavy atom. The molecule has 28 heavy (non-hydrogen) atoms. The third kappa shape index (κ3) is 5.33. The minimum atomic E-state index is 0.0977. The van der Waals surface area contributed by atoms with E-state index in [0.29, 0.717) is 16.8 Å². The first kappa shape index (κ1) is 20.4. The highest BCUT2D eigenvalue weighted by atomic mass is 32.2. The van der Waals surface area contributed by atoms with Crippen LogP contribution >= 0.6 is 23.1 Å². The number of carbonyl (C=O) groups excluding carboxylic acids is 1. The number of hydrogen-bond donors (Lipinski definition) is 1. The Labute approximate surface area is 173 Å². The molecule has 0 radical (unpaired) electrons. The van der Waals surface area contributed by atoms with E-state index in [2.05, 4.69) is 29.4 Å². The van der Waals surface area contributed by atoms with E-state index in [1.165, 1.54) is 28.7 Å². The summed E-state index contributed by atoms with van der Waals surface area (Å²) in [7, 11) is 1.64. The van der Waals surface area contributed by atoms with Gasteiger partial charge in [0, 0.05) is 11.3 Å². The molecule has 5 nitrogen and oxygen atoms in total. The largest absolute Gasteiger partial charge is 0.497 e. The first-order chi connectivity index (χ1) is 13.6. The van der Waals surface area contributed by atoms with Gasteiger partial charge in [-0.2, -0.15) is 0 Å². The maximum absolute atomic E-state index is 12.4. The maximum atomic E-state index is 12.4. The van der Waals surface area contributed by atoms with Gasteiger partial charge in [0.1, 0.15) is 5.75 Å². The number of hydrogen-bond acceptors (Lipinski definition) is 7. The van der Waals surface area contributed by atoms with E-state index in [-0.39, 0.29) is 5.78 Å². The Morgan fingerprint density at radius 3 is 2.50 bits per heavy atom. The van der Waals surface area contributed by atoms with Crippen molar-refractivity contribution in [3.63, 3.8) is 0 Å². The fourth-order valence-corrected chi connectivity index (χ4v) is 4.23. The van der Waals surface area contributed by atoms with Crippen LogP contribution in [0.25, 0.3) is 0 Å². The molecule has 0 spiro atoms. The number of Topliss-reactive ketones (excluding diaryl/α,β-unsaturated/α-hetero) is 1.